The number of amides is 1. The Kier molecular flexibility index (Phi) is 5.79. The monoisotopic (exact) mass is 391 g/mol. The predicted molar refractivity (Wildman–Crippen MR) is 102 cm³/mol. The third-order valence-electron chi connectivity index (χ3n) is 4.10. The number of carbonyl (C=O) groups is 1. The van der Waals surface area contributed by atoms with E-state index < -0.39 is 11.2 Å². The van der Waals surface area contributed by atoms with Crippen LogP contribution < -0.4 is 16.6 Å². The number of hydrogen-bond donors (Lipinski definition) is 3. The van der Waals surface area contributed by atoms with E-state index in [1.165, 1.54) is 23.0 Å². The maximum absolute atomic E-state index is 12.1. The molecule has 0 saturated carbocycles. The molecule has 3 aromatic heterocycles. The second-order valence-corrected chi connectivity index (χ2v) is 7.27. The summed E-state index contributed by atoms with van der Waals surface area (Å²) in [7, 11) is 1.52. The third kappa shape index (κ3) is 4.48. The Bertz CT molecular complexity index is 1060. The molecule has 0 bridgehead atoms. The Morgan fingerprint density at radius 3 is 2.78 bits per heavy atom. The van der Waals surface area contributed by atoms with Gasteiger partial charge in [0, 0.05) is 26.3 Å². The highest BCUT2D eigenvalue weighted by molar-refractivity contribution is 7.15. The van der Waals surface area contributed by atoms with Gasteiger partial charge in [0.25, 0.3) is 5.56 Å². The molecule has 11 heteroatoms. The van der Waals surface area contributed by atoms with Crippen LogP contribution in [-0.4, -0.2) is 35.6 Å². The molecule has 3 heterocycles. The van der Waals surface area contributed by atoms with Gasteiger partial charge >= 0.3 is 5.69 Å². The number of carbonyl (C=O) groups excluding carboxylic acids is 1. The summed E-state index contributed by atoms with van der Waals surface area (Å²) >= 11 is 1.38. The molecule has 0 saturated heterocycles. The highest BCUT2D eigenvalue weighted by Crippen LogP contribution is 2.18. The molecule has 3 N–H and O–H groups in total. The van der Waals surface area contributed by atoms with E-state index in [2.05, 4.69) is 37.4 Å². The molecule has 3 aromatic rings. The van der Waals surface area contributed by atoms with Gasteiger partial charge < -0.3 is 10.3 Å². The highest BCUT2D eigenvalue weighted by atomic mass is 32.1. The molecule has 144 valence electrons. The predicted octanol–water partition coefficient (Wildman–Crippen LogP) is 1.11. The first-order valence-electron chi connectivity index (χ1n) is 8.78. The average molecular weight is 391 g/mol. The molecule has 0 aromatic carbocycles. The number of H-pyrrole nitrogens is 2. The fraction of sp³-hybridized carbons (Fsp3) is 0.500. The minimum absolute atomic E-state index is 0.163. The van der Waals surface area contributed by atoms with Crippen LogP contribution in [0, 0.1) is 0 Å². The summed E-state index contributed by atoms with van der Waals surface area (Å²) in [5.41, 5.74) is -0.580. The zero-order chi connectivity index (χ0) is 19.4. The topological polar surface area (TPSA) is 138 Å². The molecule has 3 rings (SSSR count). The first-order chi connectivity index (χ1) is 13.0. The molecule has 0 unspecified atom stereocenters. The maximum atomic E-state index is 12.1. The molecule has 1 amide bonds. The molecular formula is C16H21N7O3S. The van der Waals surface area contributed by atoms with Crippen molar-refractivity contribution >= 4 is 33.5 Å². The lowest BCUT2D eigenvalue weighted by atomic mass is 10.2. The van der Waals surface area contributed by atoms with Crippen molar-refractivity contribution in [2.75, 3.05) is 5.32 Å². The second-order valence-electron chi connectivity index (χ2n) is 6.21. The van der Waals surface area contributed by atoms with Crippen LogP contribution in [0.3, 0.4) is 0 Å². The number of rotatable bonds is 8. The van der Waals surface area contributed by atoms with Gasteiger partial charge in [0.15, 0.2) is 5.65 Å². The van der Waals surface area contributed by atoms with Gasteiger partial charge in [0.1, 0.15) is 16.3 Å². The van der Waals surface area contributed by atoms with Crippen molar-refractivity contribution < 1.29 is 4.79 Å². The second kappa shape index (κ2) is 8.25. The summed E-state index contributed by atoms with van der Waals surface area (Å²) < 4.78 is 1.25. The van der Waals surface area contributed by atoms with Gasteiger partial charge in [-0.1, -0.05) is 31.1 Å². The first kappa shape index (κ1) is 19.0. The summed E-state index contributed by atoms with van der Waals surface area (Å²) in [6.07, 6.45) is 4.69. The van der Waals surface area contributed by atoms with E-state index in [9.17, 15) is 14.4 Å². The molecule has 27 heavy (non-hydrogen) atoms. The van der Waals surface area contributed by atoms with Gasteiger partial charge in [-0.3, -0.25) is 19.1 Å². The summed E-state index contributed by atoms with van der Waals surface area (Å²) in [4.78, 5) is 44.8. The van der Waals surface area contributed by atoms with Crippen LogP contribution >= 0.6 is 11.3 Å². The lowest BCUT2D eigenvalue weighted by molar-refractivity contribution is -0.116. The number of nitrogens with zero attached hydrogens (tertiary/aromatic N) is 4. The smallest absolute Gasteiger partial charge is 0.329 e. The quantitative estimate of drug-likeness (QED) is 0.492. The van der Waals surface area contributed by atoms with Crippen molar-refractivity contribution in [2.24, 2.45) is 7.05 Å². The van der Waals surface area contributed by atoms with Gasteiger partial charge in [0.2, 0.25) is 11.0 Å². The minimum atomic E-state index is -0.533. The summed E-state index contributed by atoms with van der Waals surface area (Å²) in [6.45, 7) is 2.14. The zero-order valence-corrected chi connectivity index (χ0v) is 16.0. The van der Waals surface area contributed by atoms with E-state index in [-0.39, 0.29) is 23.5 Å². The molecule has 0 aliphatic heterocycles. The van der Waals surface area contributed by atoms with Crippen LogP contribution in [0.5, 0.6) is 0 Å². The van der Waals surface area contributed by atoms with Crippen LogP contribution in [0.15, 0.2) is 9.59 Å². The molecular weight excluding hydrogens is 370 g/mol. The van der Waals surface area contributed by atoms with E-state index in [0.29, 0.717) is 17.4 Å². The minimum Gasteiger partial charge on any atom is -0.336 e. The van der Waals surface area contributed by atoms with Crippen molar-refractivity contribution in [1.82, 2.24) is 29.7 Å². The lowest BCUT2D eigenvalue weighted by Crippen LogP contribution is -2.28. The number of anilines is 1. The summed E-state index contributed by atoms with van der Waals surface area (Å²) in [6, 6.07) is 0. The van der Waals surface area contributed by atoms with Gasteiger partial charge in [0.05, 0.1) is 0 Å². The average Bonchev–Trinajstić information content (AvgIpc) is 3.26. The molecule has 0 radical (unpaired) electrons. The molecule has 0 aliphatic carbocycles. The van der Waals surface area contributed by atoms with Gasteiger partial charge in [-0.15, -0.1) is 10.2 Å². The number of imidazole rings is 1. The number of unbranched alkanes of at least 4 members (excludes halogenated alkanes) is 2. The maximum Gasteiger partial charge on any atom is 0.329 e. The molecule has 10 nitrogen and oxygen atoms in total. The van der Waals surface area contributed by atoms with Crippen LogP contribution in [0.2, 0.25) is 0 Å². The lowest BCUT2D eigenvalue weighted by Gasteiger charge is -1.99. The van der Waals surface area contributed by atoms with E-state index in [1.54, 1.807) is 0 Å². The van der Waals surface area contributed by atoms with Gasteiger partial charge in [-0.2, -0.15) is 0 Å². The largest absolute Gasteiger partial charge is 0.336 e. The van der Waals surface area contributed by atoms with Crippen molar-refractivity contribution in [3.05, 3.63) is 31.7 Å². The van der Waals surface area contributed by atoms with Crippen LogP contribution in [0.4, 0.5) is 5.13 Å². The molecule has 0 spiro atoms. The van der Waals surface area contributed by atoms with Gasteiger partial charge in [-0.05, 0) is 6.42 Å². The van der Waals surface area contributed by atoms with E-state index >= 15 is 0 Å². The number of fused-ring (bicyclic) bond motifs is 1. The Morgan fingerprint density at radius 1 is 1.19 bits per heavy atom. The fourth-order valence-corrected chi connectivity index (χ4v) is 3.41. The highest BCUT2D eigenvalue weighted by Gasteiger charge is 2.13. The van der Waals surface area contributed by atoms with Crippen molar-refractivity contribution in [2.45, 2.75) is 45.4 Å². The van der Waals surface area contributed by atoms with Crippen LogP contribution in [-0.2, 0) is 24.7 Å². The molecule has 0 fully saturated rings. The number of hydrogen-bond acceptors (Lipinski definition) is 7. The van der Waals surface area contributed by atoms with Gasteiger partial charge in [-0.25, -0.2) is 9.78 Å². The number of aromatic amines is 2. The van der Waals surface area contributed by atoms with Crippen LogP contribution in [0.1, 0.15) is 43.4 Å². The zero-order valence-electron chi connectivity index (χ0n) is 15.2. The van der Waals surface area contributed by atoms with Crippen molar-refractivity contribution in [1.29, 1.82) is 0 Å². The summed E-state index contributed by atoms with van der Waals surface area (Å²) in [5.74, 6) is 0.249. The number of aryl methyl sites for hydroxylation is 3. The Labute approximate surface area is 158 Å². The van der Waals surface area contributed by atoms with Crippen LogP contribution in [0.25, 0.3) is 11.2 Å². The summed E-state index contributed by atoms with van der Waals surface area (Å²) in [5, 5.41) is 12.2. The Hall–Kier alpha value is -2.82. The first-order valence-corrected chi connectivity index (χ1v) is 9.59. The number of nitrogens with one attached hydrogen (secondary N) is 3. The van der Waals surface area contributed by atoms with Crippen molar-refractivity contribution in [3.8, 4) is 0 Å². The number of aromatic nitrogens is 6. The fourth-order valence-electron chi connectivity index (χ4n) is 2.62. The third-order valence-corrected chi connectivity index (χ3v) is 5.00. The van der Waals surface area contributed by atoms with E-state index in [1.807, 2.05) is 0 Å². The normalized spacial score (nSPS) is 11.2. The Balaban J connectivity index is 1.59. The van der Waals surface area contributed by atoms with Crippen molar-refractivity contribution in [3.63, 3.8) is 0 Å². The SMILES string of the molecule is CCCCCc1nnc(NC(=O)CCc2nc3c([nH]2)c(=O)[nH]c(=O)n3C)s1. The molecule has 0 aliphatic rings. The molecule has 0 atom stereocenters. The van der Waals surface area contributed by atoms with E-state index in [4.69, 9.17) is 0 Å². The van der Waals surface area contributed by atoms with E-state index in [0.717, 1.165) is 30.7 Å². The Morgan fingerprint density at radius 2 is 2.00 bits per heavy atom. The standard InChI is InChI=1S/C16H21N7O3S/c1-3-4-5-6-11-21-22-15(27-11)19-10(24)8-7-9-17-12-13(18-9)23(2)16(26)20-14(12)25/h3-8H2,1-2H3,(H,17,18)(H,19,22,24)(H,20,25,26).